The molecule has 1 atom stereocenters. The number of ether oxygens (including phenoxy) is 2. The molecule has 0 spiro atoms. The highest BCUT2D eigenvalue weighted by atomic mass is 16.5. The number of benzene rings is 2. The Morgan fingerprint density at radius 2 is 1.86 bits per heavy atom. The summed E-state index contributed by atoms with van der Waals surface area (Å²) in [6.45, 7) is 7.10. The fraction of sp³-hybridized carbons (Fsp3) is 0.458. The molecule has 5 heteroatoms. The number of rotatable bonds is 9. The zero-order valence-electron chi connectivity index (χ0n) is 17.5. The minimum absolute atomic E-state index is 0.135. The third-order valence-corrected chi connectivity index (χ3v) is 5.30. The van der Waals surface area contributed by atoms with Crippen LogP contribution in [-0.2, 0) is 17.8 Å². The van der Waals surface area contributed by atoms with Crippen molar-refractivity contribution in [3.8, 4) is 5.75 Å². The van der Waals surface area contributed by atoms with Gasteiger partial charge in [0.15, 0.2) is 0 Å². The van der Waals surface area contributed by atoms with Crippen LogP contribution >= 0.6 is 0 Å². The summed E-state index contributed by atoms with van der Waals surface area (Å²) in [6, 6.07) is 15.8. The highest BCUT2D eigenvalue weighted by Crippen LogP contribution is 2.19. The van der Waals surface area contributed by atoms with Gasteiger partial charge in [-0.15, -0.1) is 0 Å². The van der Waals surface area contributed by atoms with Crippen LogP contribution in [-0.4, -0.2) is 44.2 Å². The highest BCUT2D eigenvalue weighted by molar-refractivity contribution is 5.96. The van der Waals surface area contributed by atoms with Crippen LogP contribution < -0.4 is 10.1 Å². The quantitative estimate of drug-likeness (QED) is 0.654. The van der Waals surface area contributed by atoms with Crippen molar-refractivity contribution in [2.45, 2.75) is 32.9 Å². The number of carbonyl (C=O) groups excluding carboxylic acids is 1. The Morgan fingerprint density at radius 3 is 2.62 bits per heavy atom. The first-order valence-corrected chi connectivity index (χ1v) is 10.4. The summed E-state index contributed by atoms with van der Waals surface area (Å²) in [4.78, 5) is 15.1. The topological polar surface area (TPSA) is 50.8 Å². The third kappa shape index (κ3) is 6.58. The Hall–Kier alpha value is -2.37. The minimum Gasteiger partial charge on any atom is -0.490 e. The summed E-state index contributed by atoms with van der Waals surface area (Å²) >= 11 is 0. The lowest BCUT2D eigenvalue weighted by atomic mass is 9.99. The normalized spacial score (nSPS) is 17.1. The SMILES string of the molecule is COCCOc1ccccc1C(=O)NCc1ccc(CN2CCCC(C)C2)cc1. The molecule has 29 heavy (non-hydrogen) atoms. The monoisotopic (exact) mass is 396 g/mol. The average Bonchev–Trinajstić information content (AvgIpc) is 2.74. The molecule has 1 N–H and O–H groups in total. The first kappa shape index (κ1) is 21.3. The van der Waals surface area contributed by atoms with Crippen molar-refractivity contribution in [2.24, 2.45) is 5.92 Å². The molecule has 2 aromatic rings. The summed E-state index contributed by atoms with van der Waals surface area (Å²) in [5.74, 6) is 1.23. The molecule has 1 heterocycles. The Kier molecular flexibility index (Phi) is 8.08. The Morgan fingerprint density at radius 1 is 1.10 bits per heavy atom. The van der Waals surface area contributed by atoms with Crippen LogP contribution in [0.1, 0.15) is 41.3 Å². The van der Waals surface area contributed by atoms with Crippen molar-refractivity contribution in [1.82, 2.24) is 10.2 Å². The molecule has 1 unspecified atom stereocenters. The number of hydrogen-bond acceptors (Lipinski definition) is 4. The average molecular weight is 397 g/mol. The van der Waals surface area contributed by atoms with E-state index in [-0.39, 0.29) is 5.91 Å². The van der Waals surface area contributed by atoms with Gasteiger partial charge >= 0.3 is 0 Å². The number of piperidine rings is 1. The number of likely N-dealkylation sites (tertiary alicyclic amines) is 1. The fourth-order valence-corrected chi connectivity index (χ4v) is 3.74. The highest BCUT2D eigenvalue weighted by Gasteiger charge is 2.16. The summed E-state index contributed by atoms with van der Waals surface area (Å²) in [5.41, 5.74) is 2.96. The van der Waals surface area contributed by atoms with Crippen LogP contribution in [0.3, 0.4) is 0 Å². The van der Waals surface area contributed by atoms with Gasteiger partial charge < -0.3 is 14.8 Å². The lowest BCUT2D eigenvalue weighted by Gasteiger charge is -2.30. The summed E-state index contributed by atoms with van der Waals surface area (Å²) in [5, 5.41) is 2.99. The summed E-state index contributed by atoms with van der Waals surface area (Å²) < 4.78 is 10.7. The number of hydrogen-bond donors (Lipinski definition) is 1. The van der Waals surface area contributed by atoms with E-state index in [4.69, 9.17) is 9.47 Å². The second-order valence-corrected chi connectivity index (χ2v) is 7.82. The van der Waals surface area contributed by atoms with Crippen LogP contribution in [0.15, 0.2) is 48.5 Å². The largest absolute Gasteiger partial charge is 0.490 e. The molecule has 0 saturated carbocycles. The molecule has 2 aromatic carbocycles. The van der Waals surface area contributed by atoms with Crippen molar-refractivity contribution in [2.75, 3.05) is 33.4 Å². The Balaban J connectivity index is 1.51. The first-order valence-electron chi connectivity index (χ1n) is 10.4. The van der Waals surface area contributed by atoms with Gasteiger partial charge in [0.2, 0.25) is 0 Å². The number of methoxy groups -OCH3 is 1. The van der Waals surface area contributed by atoms with E-state index in [2.05, 4.69) is 41.4 Å². The second kappa shape index (κ2) is 11.0. The van der Waals surface area contributed by atoms with E-state index in [9.17, 15) is 4.79 Å². The second-order valence-electron chi connectivity index (χ2n) is 7.82. The van der Waals surface area contributed by atoms with Crippen molar-refractivity contribution >= 4 is 5.91 Å². The van der Waals surface area contributed by atoms with Crippen molar-refractivity contribution in [3.05, 3.63) is 65.2 Å². The molecule has 0 bridgehead atoms. The molecule has 0 radical (unpaired) electrons. The van der Waals surface area contributed by atoms with Gasteiger partial charge in [-0.05, 0) is 48.6 Å². The molecule has 1 aliphatic heterocycles. The minimum atomic E-state index is -0.135. The molecule has 1 aliphatic rings. The standard InChI is InChI=1S/C24H32N2O3/c1-19-6-5-13-26(17-19)18-21-11-9-20(10-12-21)16-25-24(27)22-7-3-4-8-23(22)29-15-14-28-2/h3-4,7-12,19H,5-6,13-18H2,1-2H3,(H,25,27). The summed E-state index contributed by atoms with van der Waals surface area (Å²) in [7, 11) is 1.63. The molecule has 5 nitrogen and oxygen atoms in total. The number of amides is 1. The van der Waals surface area contributed by atoms with E-state index in [0.29, 0.717) is 31.1 Å². The lowest BCUT2D eigenvalue weighted by molar-refractivity contribution is 0.0943. The van der Waals surface area contributed by atoms with Crippen LogP contribution in [0, 0.1) is 5.92 Å². The molecular weight excluding hydrogens is 364 g/mol. The van der Waals surface area contributed by atoms with E-state index in [1.165, 1.54) is 31.5 Å². The van der Waals surface area contributed by atoms with Crippen molar-refractivity contribution in [1.29, 1.82) is 0 Å². The molecule has 1 saturated heterocycles. The van der Waals surface area contributed by atoms with E-state index >= 15 is 0 Å². The van der Waals surface area contributed by atoms with Gasteiger partial charge in [-0.2, -0.15) is 0 Å². The van der Waals surface area contributed by atoms with Crippen molar-refractivity contribution < 1.29 is 14.3 Å². The predicted octanol–water partition coefficient (Wildman–Crippen LogP) is 3.87. The van der Waals surface area contributed by atoms with E-state index < -0.39 is 0 Å². The van der Waals surface area contributed by atoms with Crippen LogP contribution in [0.5, 0.6) is 5.75 Å². The summed E-state index contributed by atoms with van der Waals surface area (Å²) in [6.07, 6.45) is 2.64. The van der Waals surface area contributed by atoms with E-state index in [1.54, 1.807) is 19.2 Å². The van der Waals surface area contributed by atoms with Gasteiger partial charge in [0.05, 0.1) is 12.2 Å². The number of carbonyl (C=O) groups is 1. The van der Waals surface area contributed by atoms with Gasteiger partial charge in [-0.3, -0.25) is 9.69 Å². The number of nitrogens with one attached hydrogen (secondary N) is 1. The Bertz CT molecular complexity index is 776. The number of nitrogens with zero attached hydrogens (tertiary/aromatic N) is 1. The zero-order chi connectivity index (χ0) is 20.5. The molecule has 1 fully saturated rings. The molecule has 0 aliphatic carbocycles. The van der Waals surface area contributed by atoms with Crippen LogP contribution in [0.25, 0.3) is 0 Å². The van der Waals surface area contributed by atoms with Crippen LogP contribution in [0.4, 0.5) is 0 Å². The van der Waals surface area contributed by atoms with E-state index in [1.807, 2.05) is 12.1 Å². The predicted molar refractivity (Wildman–Crippen MR) is 115 cm³/mol. The van der Waals surface area contributed by atoms with Gasteiger partial charge in [0.25, 0.3) is 5.91 Å². The number of para-hydroxylation sites is 1. The molecular formula is C24H32N2O3. The van der Waals surface area contributed by atoms with E-state index in [0.717, 1.165) is 18.0 Å². The Labute approximate surface area is 174 Å². The van der Waals surface area contributed by atoms with Gasteiger partial charge in [0, 0.05) is 26.7 Å². The van der Waals surface area contributed by atoms with Gasteiger partial charge in [-0.25, -0.2) is 0 Å². The first-order chi connectivity index (χ1) is 14.2. The zero-order valence-corrected chi connectivity index (χ0v) is 17.5. The fourth-order valence-electron chi connectivity index (χ4n) is 3.74. The maximum Gasteiger partial charge on any atom is 0.255 e. The lowest BCUT2D eigenvalue weighted by Crippen LogP contribution is -2.33. The van der Waals surface area contributed by atoms with Crippen LogP contribution in [0.2, 0.25) is 0 Å². The molecule has 3 rings (SSSR count). The van der Waals surface area contributed by atoms with Gasteiger partial charge in [0.1, 0.15) is 12.4 Å². The maximum absolute atomic E-state index is 12.6. The van der Waals surface area contributed by atoms with Gasteiger partial charge in [-0.1, -0.05) is 43.3 Å². The molecule has 0 aromatic heterocycles. The van der Waals surface area contributed by atoms with Crippen molar-refractivity contribution in [3.63, 3.8) is 0 Å². The third-order valence-electron chi connectivity index (χ3n) is 5.30. The molecule has 156 valence electrons. The maximum atomic E-state index is 12.6. The smallest absolute Gasteiger partial charge is 0.255 e. The molecule has 1 amide bonds.